The zero-order valence-corrected chi connectivity index (χ0v) is 15.0. The number of sulfonamides is 1. The fourth-order valence-electron chi connectivity index (χ4n) is 1.90. The van der Waals surface area contributed by atoms with Gasteiger partial charge in [0.15, 0.2) is 11.5 Å². The highest BCUT2D eigenvalue weighted by molar-refractivity contribution is 7.89. The Morgan fingerprint density at radius 1 is 1.08 bits per heavy atom. The van der Waals surface area contributed by atoms with Crippen LogP contribution in [0.15, 0.2) is 46.4 Å². The first kappa shape index (κ1) is 18.1. The van der Waals surface area contributed by atoms with E-state index in [-0.39, 0.29) is 4.90 Å². The summed E-state index contributed by atoms with van der Waals surface area (Å²) in [5.74, 6) is 0.935. The van der Waals surface area contributed by atoms with Crippen LogP contribution in [0.1, 0.15) is 11.1 Å². The maximum atomic E-state index is 12.1. The Morgan fingerprint density at radius 2 is 1.67 bits per heavy atom. The highest BCUT2D eigenvalue weighted by Crippen LogP contribution is 2.32. The molecule has 2 aromatic rings. The Bertz CT molecular complexity index is 849. The summed E-state index contributed by atoms with van der Waals surface area (Å²) in [4.78, 5) is 2.28. The monoisotopic (exact) mass is 368 g/mol. The third-order valence-electron chi connectivity index (χ3n) is 3.21. The minimum absolute atomic E-state index is 0.128. The maximum Gasteiger partial charge on any atom is 0.276 e. The Hall–Kier alpha value is -2.25. The van der Waals surface area contributed by atoms with Gasteiger partial charge in [-0.2, -0.15) is 13.5 Å². The van der Waals surface area contributed by atoms with E-state index in [1.165, 1.54) is 32.6 Å². The van der Waals surface area contributed by atoms with Gasteiger partial charge in [0.25, 0.3) is 10.0 Å². The molecule has 0 heterocycles. The Labute approximate surface area is 146 Å². The van der Waals surface area contributed by atoms with Crippen LogP contribution in [-0.4, -0.2) is 28.9 Å². The summed E-state index contributed by atoms with van der Waals surface area (Å²) in [7, 11) is -0.745. The van der Waals surface area contributed by atoms with E-state index in [2.05, 4.69) is 9.93 Å². The summed E-state index contributed by atoms with van der Waals surface area (Å²) in [6.07, 6.45) is 1.30. The minimum Gasteiger partial charge on any atom is -0.493 e. The number of nitrogens with one attached hydrogen (secondary N) is 1. The molecule has 24 heavy (non-hydrogen) atoms. The van der Waals surface area contributed by atoms with Crippen molar-refractivity contribution in [2.24, 2.45) is 5.10 Å². The predicted octanol–water partition coefficient (Wildman–Crippen LogP) is 2.98. The highest BCUT2D eigenvalue weighted by atomic mass is 35.5. The molecule has 0 aliphatic carbocycles. The second kappa shape index (κ2) is 7.55. The van der Waals surface area contributed by atoms with E-state index in [1.54, 1.807) is 24.3 Å². The van der Waals surface area contributed by atoms with Gasteiger partial charge in [0.1, 0.15) is 0 Å². The van der Waals surface area contributed by atoms with Gasteiger partial charge >= 0.3 is 0 Å². The van der Waals surface area contributed by atoms with Crippen LogP contribution >= 0.6 is 11.6 Å². The van der Waals surface area contributed by atoms with Crippen molar-refractivity contribution in [2.75, 3.05) is 14.2 Å². The number of methoxy groups -OCH3 is 2. The Morgan fingerprint density at radius 3 is 2.25 bits per heavy atom. The third-order valence-corrected chi connectivity index (χ3v) is 4.78. The highest BCUT2D eigenvalue weighted by Gasteiger charge is 2.12. The summed E-state index contributed by atoms with van der Waals surface area (Å²) < 4.78 is 34.6. The van der Waals surface area contributed by atoms with Crippen LogP contribution < -0.4 is 14.3 Å². The van der Waals surface area contributed by atoms with Crippen LogP contribution in [0.5, 0.6) is 11.5 Å². The average molecular weight is 369 g/mol. The number of aryl methyl sites for hydroxylation is 1. The summed E-state index contributed by atoms with van der Waals surface area (Å²) >= 11 is 6.12. The number of hydrogen-bond donors (Lipinski definition) is 1. The number of hydrogen-bond acceptors (Lipinski definition) is 5. The topological polar surface area (TPSA) is 77.0 Å². The van der Waals surface area contributed by atoms with E-state index in [0.717, 1.165) is 5.56 Å². The Kier molecular flexibility index (Phi) is 5.69. The molecule has 6 nitrogen and oxygen atoms in total. The van der Waals surface area contributed by atoms with Gasteiger partial charge in [0, 0.05) is 11.6 Å². The first-order valence-electron chi connectivity index (χ1n) is 6.90. The maximum absolute atomic E-state index is 12.1. The quantitative estimate of drug-likeness (QED) is 0.628. The van der Waals surface area contributed by atoms with Crippen molar-refractivity contribution in [3.05, 3.63) is 52.5 Å². The third kappa shape index (κ3) is 4.18. The van der Waals surface area contributed by atoms with Crippen molar-refractivity contribution >= 4 is 27.8 Å². The molecule has 0 amide bonds. The van der Waals surface area contributed by atoms with Gasteiger partial charge < -0.3 is 9.47 Å². The lowest BCUT2D eigenvalue weighted by atomic mass is 10.2. The number of ether oxygens (including phenoxy) is 2. The fourth-order valence-corrected chi connectivity index (χ4v) is 2.90. The molecule has 128 valence electrons. The fraction of sp³-hybridized carbons (Fsp3) is 0.188. The van der Waals surface area contributed by atoms with Crippen LogP contribution in [0.2, 0.25) is 5.02 Å². The molecule has 0 aromatic heterocycles. The van der Waals surface area contributed by atoms with Crippen molar-refractivity contribution in [1.82, 2.24) is 4.83 Å². The van der Waals surface area contributed by atoms with Crippen molar-refractivity contribution in [3.8, 4) is 11.5 Å². The molecular weight excluding hydrogens is 352 g/mol. The molecule has 0 unspecified atom stereocenters. The van der Waals surface area contributed by atoms with Crippen LogP contribution in [0.3, 0.4) is 0 Å². The van der Waals surface area contributed by atoms with Crippen molar-refractivity contribution in [2.45, 2.75) is 11.8 Å². The number of halogens is 1. The average Bonchev–Trinajstić information content (AvgIpc) is 2.56. The molecule has 0 radical (unpaired) electrons. The van der Waals surface area contributed by atoms with Gasteiger partial charge in [-0.05, 0) is 25.1 Å². The lowest BCUT2D eigenvalue weighted by Crippen LogP contribution is -2.18. The number of hydrazone groups is 1. The number of rotatable bonds is 6. The molecule has 1 N–H and O–H groups in total. The van der Waals surface area contributed by atoms with Crippen LogP contribution in [-0.2, 0) is 10.0 Å². The second-order valence-electron chi connectivity index (χ2n) is 4.89. The molecular formula is C16H17ClN2O4S. The van der Waals surface area contributed by atoms with Gasteiger partial charge in [-0.3, -0.25) is 0 Å². The van der Waals surface area contributed by atoms with Gasteiger partial charge in [-0.15, -0.1) is 0 Å². The molecule has 2 rings (SSSR count). The van der Waals surface area contributed by atoms with Gasteiger partial charge in [-0.25, -0.2) is 4.83 Å². The van der Waals surface area contributed by atoms with Crippen molar-refractivity contribution < 1.29 is 17.9 Å². The summed E-state index contributed by atoms with van der Waals surface area (Å²) in [5, 5.41) is 4.11. The van der Waals surface area contributed by atoms with Crippen LogP contribution in [0.25, 0.3) is 0 Å². The molecule has 8 heteroatoms. The molecule has 0 fully saturated rings. The van der Waals surface area contributed by atoms with Crippen molar-refractivity contribution in [1.29, 1.82) is 0 Å². The van der Waals surface area contributed by atoms with Crippen LogP contribution in [0, 0.1) is 6.92 Å². The van der Waals surface area contributed by atoms with Crippen LogP contribution in [0.4, 0.5) is 0 Å². The molecule has 0 bridgehead atoms. The second-order valence-corrected chi connectivity index (χ2v) is 6.96. The molecule has 0 saturated heterocycles. The lowest BCUT2D eigenvalue weighted by Gasteiger charge is -2.09. The molecule has 2 aromatic carbocycles. The standard InChI is InChI=1S/C16H17ClN2O4S/c1-11-4-6-13(7-5-11)24(20,21)19-18-10-12-8-15(22-2)16(23-3)9-14(12)17/h4-10,19H,1-3H3/b18-10+. The molecule has 0 aliphatic rings. The zero-order chi connectivity index (χ0) is 17.7. The summed E-state index contributed by atoms with van der Waals surface area (Å²) in [5.41, 5.74) is 1.45. The normalized spacial score (nSPS) is 11.5. The molecule has 0 spiro atoms. The molecule has 0 saturated carbocycles. The van der Waals surface area contributed by atoms with E-state index in [4.69, 9.17) is 21.1 Å². The Balaban J connectivity index is 2.21. The minimum atomic E-state index is -3.74. The first-order valence-corrected chi connectivity index (χ1v) is 8.76. The smallest absolute Gasteiger partial charge is 0.276 e. The van der Waals surface area contributed by atoms with E-state index >= 15 is 0 Å². The number of nitrogens with zero attached hydrogens (tertiary/aromatic N) is 1. The van der Waals surface area contributed by atoms with Gasteiger partial charge in [-0.1, -0.05) is 29.3 Å². The van der Waals surface area contributed by atoms with E-state index < -0.39 is 10.0 Å². The molecule has 0 aliphatic heterocycles. The van der Waals surface area contributed by atoms with E-state index in [0.29, 0.717) is 22.1 Å². The zero-order valence-electron chi connectivity index (χ0n) is 13.4. The first-order chi connectivity index (χ1) is 11.4. The van der Waals surface area contributed by atoms with E-state index in [1.807, 2.05) is 6.92 Å². The predicted molar refractivity (Wildman–Crippen MR) is 93.7 cm³/mol. The largest absolute Gasteiger partial charge is 0.493 e. The molecule has 0 atom stereocenters. The van der Waals surface area contributed by atoms with E-state index in [9.17, 15) is 8.42 Å². The van der Waals surface area contributed by atoms with Gasteiger partial charge in [0.05, 0.1) is 30.4 Å². The van der Waals surface area contributed by atoms with Crippen molar-refractivity contribution in [3.63, 3.8) is 0 Å². The summed E-state index contributed by atoms with van der Waals surface area (Å²) in [6.45, 7) is 1.88. The summed E-state index contributed by atoms with van der Waals surface area (Å²) in [6, 6.07) is 9.61. The lowest BCUT2D eigenvalue weighted by molar-refractivity contribution is 0.355. The number of benzene rings is 2. The van der Waals surface area contributed by atoms with Gasteiger partial charge in [0.2, 0.25) is 0 Å². The SMILES string of the molecule is COc1cc(Cl)c(/C=N/NS(=O)(=O)c2ccc(C)cc2)cc1OC.